The van der Waals surface area contributed by atoms with Crippen molar-refractivity contribution in [3.05, 3.63) is 18.2 Å². The van der Waals surface area contributed by atoms with Crippen molar-refractivity contribution in [2.24, 2.45) is 5.92 Å². The fourth-order valence-corrected chi connectivity index (χ4v) is 2.70. The lowest BCUT2D eigenvalue weighted by Crippen LogP contribution is -2.31. The maximum absolute atomic E-state index is 6.08. The van der Waals surface area contributed by atoms with Crippen molar-refractivity contribution in [3.8, 4) is 5.75 Å². The Balaban J connectivity index is 1.75. The maximum atomic E-state index is 6.08. The Bertz CT molecular complexity index is 432. The summed E-state index contributed by atoms with van der Waals surface area (Å²) in [5.41, 5.74) is 7.72. The van der Waals surface area contributed by atoms with Gasteiger partial charge < -0.3 is 20.5 Å². The van der Waals surface area contributed by atoms with Crippen molar-refractivity contribution >= 4 is 11.4 Å². The third kappa shape index (κ3) is 2.12. The highest BCUT2D eigenvalue weighted by atomic mass is 16.5. The number of anilines is 2. The Labute approximate surface area is 107 Å². The van der Waals surface area contributed by atoms with Crippen LogP contribution in [0.4, 0.5) is 11.4 Å². The van der Waals surface area contributed by atoms with Gasteiger partial charge in [-0.15, -0.1) is 0 Å². The summed E-state index contributed by atoms with van der Waals surface area (Å²) in [5, 5.41) is 3.53. The number of nitrogen functional groups attached to an aromatic ring is 1. The van der Waals surface area contributed by atoms with Crippen LogP contribution in [0.15, 0.2) is 18.2 Å². The largest absolute Gasteiger partial charge is 0.495 e. The standard InChI is InChI=1S/C14H20N2O2/c1-17-12-4-2-3-10(13(12)15)16-11-7-8-18-14(11)9-5-6-9/h2-4,9,11,14,16H,5-8,15H2,1H3. The molecule has 98 valence electrons. The van der Waals surface area contributed by atoms with E-state index in [1.807, 2.05) is 18.2 Å². The zero-order valence-corrected chi connectivity index (χ0v) is 10.7. The van der Waals surface area contributed by atoms with Crippen molar-refractivity contribution in [3.63, 3.8) is 0 Å². The summed E-state index contributed by atoms with van der Waals surface area (Å²) in [5.74, 6) is 1.47. The molecule has 3 rings (SSSR count). The highest BCUT2D eigenvalue weighted by Crippen LogP contribution is 2.40. The monoisotopic (exact) mass is 248 g/mol. The van der Waals surface area contributed by atoms with Gasteiger partial charge >= 0.3 is 0 Å². The van der Waals surface area contributed by atoms with Crippen molar-refractivity contribution < 1.29 is 9.47 Å². The summed E-state index contributed by atoms with van der Waals surface area (Å²) in [6, 6.07) is 6.22. The summed E-state index contributed by atoms with van der Waals surface area (Å²) in [6.45, 7) is 0.850. The summed E-state index contributed by atoms with van der Waals surface area (Å²) >= 11 is 0. The van der Waals surface area contributed by atoms with Gasteiger partial charge in [-0.25, -0.2) is 0 Å². The number of methoxy groups -OCH3 is 1. The van der Waals surface area contributed by atoms with Crippen LogP contribution in [-0.4, -0.2) is 25.9 Å². The van der Waals surface area contributed by atoms with Gasteiger partial charge in [-0.2, -0.15) is 0 Å². The molecule has 3 N–H and O–H groups in total. The summed E-state index contributed by atoms with van der Waals surface area (Å²) < 4.78 is 11.1. The molecule has 4 heteroatoms. The number of nitrogens with two attached hydrogens (primary N) is 1. The molecule has 0 spiro atoms. The van der Waals surface area contributed by atoms with Gasteiger partial charge in [-0.1, -0.05) is 6.07 Å². The van der Waals surface area contributed by atoms with E-state index in [0.29, 0.717) is 17.8 Å². The number of hydrogen-bond donors (Lipinski definition) is 2. The van der Waals surface area contributed by atoms with Gasteiger partial charge in [0.25, 0.3) is 0 Å². The first-order chi connectivity index (χ1) is 8.79. The normalized spacial score (nSPS) is 27.2. The average molecular weight is 248 g/mol. The first kappa shape index (κ1) is 11.7. The fourth-order valence-electron chi connectivity index (χ4n) is 2.70. The highest BCUT2D eigenvalue weighted by Gasteiger charge is 2.40. The predicted molar refractivity (Wildman–Crippen MR) is 71.9 cm³/mol. The molecule has 1 saturated heterocycles. The molecule has 1 heterocycles. The Morgan fingerprint density at radius 3 is 2.89 bits per heavy atom. The number of benzene rings is 1. The van der Waals surface area contributed by atoms with E-state index >= 15 is 0 Å². The minimum absolute atomic E-state index is 0.357. The molecule has 18 heavy (non-hydrogen) atoms. The Kier molecular flexibility index (Phi) is 3.04. The van der Waals surface area contributed by atoms with E-state index in [9.17, 15) is 0 Å². The first-order valence-electron chi connectivity index (χ1n) is 6.60. The van der Waals surface area contributed by atoms with E-state index in [1.54, 1.807) is 7.11 Å². The quantitative estimate of drug-likeness (QED) is 0.802. The lowest BCUT2D eigenvalue weighted by atomic mass is 10.1. The molecule has 0 radical (unpaired) electrons. The zero-order valence-electron chi connectivity index (χ0n) is 10.7. The smallest absolute Gasteiger partial charge is 0.143 e. The van der Waals surface area contributed by atoms with Crippen LogP contribution in [0.3, 0.4) is 0 Å². The molecule has 2 atom stereocenters. The van der Waals surface area contributed by atoms with Crippen molar-refractivity contribution in [2.75, 3.05) is 24.8 Å². The van der Waals surface area contributed by atoms with Gasteiger partial charge in [0.1, 0.15) is 5.75 Å². The van der Waals surface area contributed by atoms with Crippen molar-refractivity contribution in [1.29, 1.82) is 0 Å². The molecular formula is C14H20N2O2. The van der Waals surface area contributed by atoms with E-state index in [1.165, 1.54) is 12.8 Å². The minimum atomic E-state index is 0.357. The van der Waals surface area contributed by atoms with Crippen molar-refractivity contribution in [1.82, 2.24) is 0 Å². The van der Waals surface area contributed by atoms with Crippen LogP contribution >= 0.6 is 0 Å². The van der Waals surface area contributed by atoms with Gasteiger partial charge in [0.05, 0.1) is 30.6 Å². The van der Waals surface area contributed by atoms with Crippen LogP contribution in [0, 0.1) is 5.92 Å². The van der Waals surface area contributed by atoms with Gasteiger partial charge in [-0.3, -0.25) is 0 Å². The molecule has 1 aromatic carbocycles. The third-order valence-corrected chi connectivity index (χ3v) is 3.85. The summed E-state index contributed by atoms with van der Waals surface area (Å²) in [7, 11) is 1.64. The summed E-state index contributed by atoms with van der Waals surface area (Å²) in [4.78, 5) is 0. The van der Waals surface area contributed by atoms with E-state index in [4.69, 9.17) is 15.2 Å². The molecule has 0 amide bonds. The molecule has 0 bridgehead atoms. The van der Waals surface area contributed by atoms with Crippen LogP contribution < -0.4 is 15.8 Å². The first-order valence-corrected chi connectivity index (χ1v) is 6.60. The van der Waals surface area contributed by atoms with E-state index in [0.717, 1.165) is 30.4 Å². The molecule has 2 fully saturated rings. The molecule has 2 unspecified atom stereocenters. The van der Waals surface area contributed by atoms with Gasteiger partial charge in [0.2, 0.25) is 0 Å². The second kappa shape index (κ2) is 4.69. The molecule has 1 saturated carbocycles. The van der Waals surface area contributed by atoms with Crippen LogP contribution in [-0.2, 0) is 4.74 Å². The number of nitrogens with one attached hydrogen (secondary N) is 1. The second-order valence-corrected chi connectivity index (χ2v) is 5.13. The van der Waals surface area contributed by atoms with E-state index in [2.05, 4.69) is 5.32 Å². The molecule has 1 aromatic rings. The topological polar surface area (TPSA) is 56.5 Å². The second-order valence-electron chi connectivity index (χ2n) is 5.13. The van der Waals surface area contributed by atoms with Gasteiger partial charge in [0, 0.05) is 6.61 Å². The predicted octanol–water partition coefficient (Wildman–Crippen LogP) is 2.26. The number of hydrogen-bond acceptors (Lipinski definition) is 4. The molecular weight excluding hydrogens is 228 g/mol. The Hall–Kier alpha value is -1.42. The number of ether oxygens (including phenoxy) is 2. The molecule has 4 nitrogen and oxygen atoms in total. The van der Waals surface area contributed by atoms with Crippen LogP contribution in [0.5, 0.6) is 5.75 Å². The minimum Gasteiger partial charge on any atom is -0.495 e. The Morgan fingerprint density at radius 2 is 2.17 bits per heavy atom. The Morgan fingerprint density at radius 1 is 1.33 bits per heavy atom. The molecule has 1 aliphatic heterocycles. The highest BCUT2D eigenvalue weighted by molar-refractivity contribution is 5.73. The third-order valence-electron chi connectivity index (χ3n) is 3.85. The lowest BCUT2D eigenvalue weighted by molar-refractivity contribution is 0.0898. The SMILES string of the molecule is COc1cccc(NC2CCOC2C2CC2)c1N. The maximum Gasteiger partial charge on any atom is 0.143 e. The molecule has 1 aliphatic carbocycles. The lowest BCUT2D eigenvalue weighted by Gasteiger charge is -2.22. The fraction of sp³-hybridized carbons (Fsp3) is 0.571. The van der Waals surface area contributed by atoms with E-state index < -0.39 is 0 Å². The van der Waals surface area contributed by atoms with Crippen molar-refractivity contribution in [2.45, 2.75) is 31.4 Å². The molecule has 0 aromatic heterocycles. The number of para-hydroxylation sites is 1. The van der Waals surface area contributed by atoms with E-state index in [-0.39, 0.29) is 0 Å². The van der Waals surface area contributed by atoms with Crippen LogP contribution in [0.1, 0.15) is 19.3 Å². The zero-order chi connectivity index (χ0) is 12.5. The van der Waals surface area contributed by atoms with Crippen LogP contribution in [0.25, 0.3) is 0 Å². The summed E-state index contributed by atoms with van der Waals surface area (Å²) in [6.07, 6.45) is 4.01. The van der Waals surface area contributed by atoms with Crippen LogP contribution in [0.2, 0.25) is 0 Å². The van der Waals surface area contributed by atoms with Gasteiger partial charge in [-0.05, 0) is 37.3 Å². The van der Waals surface area contributed by atoms with Gasteiger partial charge in [0.15, 0.2) is 0 Å². The molecule has 2 aliphatic rings. The average Bonchev–Trinajstić information content (AvgIpc) is 3.13. The number of rotatable bonds is 4.